The summed E-state index contributed by atoms with van der Waals surface area (Å²) >= 11 is 0. The van der Waals surface area contributed by atoms with Gasteiger partial charge in [-0.25, -0.2) is 13.6 Å². The van der Waals surface area contributed by atoms with E-state index in [2.05, 4.69) is 0 Å². The van der Waals surface area contributed by atoms with E-state index in [4.69, 9.17) is 10.8 Å². The van der Waals surface area contributed by atoms with E-state index in [0.29, 0.717) is 58.2 Å². The molecule has 0 aliphatic rings. The molecule has 0 aromatic rings. The van der Waals surface area contributed by atoms with Gasteiger partial charge in [0.2, 0.25) is 0 Å². The van der Waals surface area contributed by atoms with Crippen molar-refractivity contribution >= 4 is 17.7 Å². The molecule has 0 aliphatic heterocycles. The van der Waals surface area contributed by atoms with Crippen molar-refractivity contribution in [3.8, 4) is 0 Å². The van der Waals surface area contributed by atoms with Gasteiger partial charge in [0.15, 0.2) is 11.3 Å². The highest BCUT2D eigenvalue weighted by atomic mass is 19.1. The van der Waals surface area contributed by atoms with E-state index in [0.717, 1.165) is 12.8 Å². The van der Waals surface area contributed by atoms with Crippen LogP contribution >= 0.6 is 0 Å². The second-order valence-corrected chi connectivity index (χ2v) is 8.24. The van der Waals surface area contributed by atoms with Crippen LogP contribution in [0.25, 0.3) is 0 Å². The van der Waals surface area contributed by atoms with Gasteiger partial charge in [0.25, 0.3) is 0 Å². The quantitative estimate of drug-likeness (QED) is 0.191. The third kappa shape index (κ3) is 12.7. The van der Waals surface area contributed by atoms with Crippen molar-refractivity contribution in [3.05, 3.63) is 0 Å². The van der Waals surface area contributed by atoms with Crippen molar-refractivity contribution in [2.45, 2.75) is 102 Å². The molecular weight excluding hydrogens is 410 g/mol. The SMILES string of the molecule is CCCC(F)CCN(CCCCC(=O)C(N)(CCC(=O)O)C(=O)O)CCC(F)CCC. The molecule has 0 bridgehead atoms. The zero-order valence-corrected chi connectivity index (χ0v) is 19.0. The van der Waals surface area contributed by atoms with E-state index in [9.17, 15) is 28.3 Å². The number of alkyl halides is 2. The van der Waals surface area contributed by atoms with Crippen LogP contribution in [-0.2, 0) is 14.4 Å². The minimum absolute atomic E-state index is 0.0839. The summed E-state index contributed by atoms with van der Waals surface area (Å²) in [5.41, 5.74) is 3.48. The van der Waals surface area contributed by atoms with E-state index in [1.54, 1.807) is 0 Å². The number of unbranched alkanes of at least 4 members (excludes halogenated alkanes) is 1. The Morgan fingerprint density at radius 3 is 1.81 bits per heavy atom. The Hall–Kier alpha value is -1.61. The zero-order valence-electron chi connectivity index (χ0n) is 19.0. The lowest BCUT2D eigenvalue weighted by atomic mass is 9.87. The predicted octanol–water partition coefficient (Wildman–Crippen LogP) is 3.73. The van der Waals surface area contributed by atoms with Gasteiger partial charge in [0, 0.05) is 25.9 Å². The summed E-state index contributed by atoms with van der Waals surface area (Å²) < 4.78 is 27.7. The van der Waals surface area contributed by atoms with Gasteiger partial charge in [-0.1, -0.05) is 26.7 Å². The van der Waals surface area contributed by atoms with Gasteiger partial charge in [0.1, 0.15) is 12.3 Å². The second-order valence-electron chi connectivity index (χ2n) is 8.24. The normalized spacial score (nSPS) is 15.4. The molecule has 0 aromatic heterocycles. The number of rotatable bonds is 20. The topological polar surface area (TPSA) is 121 Å². The molecule has 3 unspecified atom stereocenters. The highest BCUT2D eigenvalue weighted by Crippen LogP contribution is 2.17. The molecule has 9 heteroatoms. The van der Waals surface area contributed by atoms with Gasteiger partial charge >= 0.3 is 11.9 Å². The van der Waals surface area contributed by atoms with Crippen molar-refractivity contribution in [2.24, 2.45) is 5.73 Å². The van der Waals surface area contributed by atoms with Gasteiger partial charge in [-0.2, -0.15) is 0 Å². The first kappa shape index (κ1) is 29.4. The van der Waals surface area contributed by atoms with Crippen LogP contribution in [0.3, 0.4) is 0 Å². The number of Topliss-reactive ketones (excluding diaryl/α,β-unsaturated/α-hetero) is 1. The number of nitrogens with two attached hydrogens (primary N) is 1. The zero-order chi connectivity index (χ0) is 23.9. The fourth-order valence-corrected chi connectivity index (χ4v) is 3.41. The van der Waals surface area contributed by atoms with Crippen LogP contribution in [0.1, 0.15) is 84.5 Å². The molecule has 4 N–H and O–H groups in total. The van der Waals surface area contributed by atoms with Gasteiger partial charge in [-0.3, -0.25) is 9.59 Å². The van der Waals surface area contributed by atoms with E-state index < -0.39 is 48.4 Å². The molecule has 31 heavy (non-hydrogen) atoms. The Morgan fingerprint density at radius 2 is 1.39 bits per heavy atom. The number of carboxylic acid groups (broad SMARTS) is 2. The van der Waals surface area contributed by atoms with Gasteiger partial charge in [-0.15, -0.1) is 0 Å². The number of halogens is 2. The fraction of sp³-hybridized carbons (Fsp3) is 0.864. The molecule has 0 fully saturated rings. The number of hydrogen-bond acceptors (Lipinski definition) is 5. The Balaban J connectivity index is 4.65. The van der Waals surface area contributed by atoms with Crippen LogP contribution in [0.15, 0.2) is 0 Å². The average Bonchev–Trinajstić information content (AvgIpc) is 2.70. The molecule has 0 amide bonds. The minimum Gasteiger partial charge on any atom is -0.481 e. The molecule has 0 saturated heterocycles. The molecule has 3 atom stereocenters. The molecule has 0 aromatic carbocycles. The summed E-state index contributed by atoms with van der Waals surface area (Å²) in [7, 11) is 0. The predicted molar refractivity (Wildman–Crippen MR) is 116 cm³/mol. The molecule has 0 heterocycles. The Kier molecular flexibility index (Phi) is 15.2. The molecule has 0 saturated carbocycles. The summed E-state index contributed by atoms with van der Waals surface area (Å²) in [6.07, 6.45) is 1.34. The van der Waals surface area contributed by atoms with Crippen molar-refractivity contribution in [1.29, 1.82) is 0 Å². The van der Waals surface area contributed by atoms with E-state index in [1.165, 1.54) is 0 Å². The maximum atomic E-state index is 13.9. The monoisotopic (exact) mass is 450 g/mol. The van der Waals surface area contributed by atoms with Gasteiger partial charge in [-0.05, 0) is 51.5 Å². The Bertz CT molecular complexity index is 534. The first-order valence-corrected chi connectivity index (χ1v) is 11.3. The van der Waals surface area contributed by atoms with Crippen molar-refractivity contribution < 1.29 is 33.4 Å². The lowest BCUT2D eigenvalue weighted by Gasteiger charge is -2.25. The number of carbonyl (C=O) groups is 3. The Labute approximate surface area is 184 Å². The summed E-state index contributed by atoms with van der Waals surface area (Å²) in [6.45, 7) is 5.39. The van der Waals surface area contributed by atoms with Crippen molar-refractivity contribution in [1.82, 2.24) is 4.90 Å². The van der Waals surface area contributed by atoms with Gasteiger partial charge < -0.3 is 20.8 Å². The maximum Gasteiger partial charge on any atom is 0.331 e. The maximum absolute atomic E-state index is 13.9. The van der Waals surface area contributed by atoms with Crippen LogP contribution in [0.5, 0.6) is 0 Å². The number of aliphatic carboxylic acids is 2. The molecule has 182 valence electrons. The second kappa shape index (κ2) is 16.1. The molecule has 0 radical (unpaired) electrons. The molecule has 0 aliphatic carbocycles. The largest absolute Gasteiger partial charge is 0.481 e. The first-order valence-electron chi connectivity index (χ1n) is 11.3. The first-order chi connectivity index (χ1) is 14.6. The van der Waals surface area contributed by atoms with E-state index in [1.807, 2.05) is 18.7 Å². The summed E-state index contributed by atoms with van der Waals surface area (Å²) in [6, 6.07) is 0. The third-order valence-electron chi connectivity index (χ3n) is 5.46. The van der Waals surface area contributed by atoms with E-state index >= 15 is 0 Å². The molecular formula is C22H40F2N2O5. The van der Waals surface area contributed by atoms with Crippen molar-refractivity contribution in [2.75, 3.05) is 19.6 Å². The number of hydrogen-bond donors (Lipinski definition) is 3. The average molecular weight is 451 g/mol. The molecule has 7 nitrogen and oxygen atoms in total. The number of carbonyl (C=O) groups excluding carboxylic acids is 1. The highest BCUT2D eigenvalue weighted by Gasteiger charge is 2.41. The summed E-state index contributed by atoms with van der Waals surface area (Å²) in [5.74, 6) is -3.45. The summed E-state index contributed by atoms with van der Waals surface area (Å²) in [5, 5.41) is 18.0. The molecule has 0 spiro atoms. The van der Waals surface area contributed by atoms with Gasteiger partial charge in [0.05, 0.1) is 0 Å². The van der Waals surface area contributed by atoms with Crippen LogP contribution in [-0.4, -0.2) is 70.4 Å². The molecule has 0 rings (SSSR count). The Morgan fingerprint density at radius 1 is 0.871 bits per heavy atom. The lowest BCUT2D eigenvalue weighted by molar-refractivity contribution is -0.149. The van der Waals surface area contributed by atoms with Crippen LogP contribution in [0.4, 0.5) is 8.78 Å². The van der Waals surface area contributed by atoms with E-state index in [-0.39, 0.29) is 6.42 Å². The fourth-order valence-electron chi connectivity index (χ4n) is 3.41. The third-order valence-corrected chi connectivity index (χ3v) is 5.46. The highest BCUT2D eigenvalue weighted by molar-refractivity contribution is 6.07. The van der Waals surface area contributed by atoms with Crippen LogP contribution in [0.2, 0.25) is 0 Å². The standard InChI is InChI=1S/C22H40F2N2O5/c1-3-7-17(23)11-15-26(16-12-18(24)8-4-2)14-6-5-9-19(27)22(25,21(30)31)13-10-20(28)29/h17-18H,3-16,25H2,1-2H3,(H,28,29)(H,30,31). The number of ketones is 1. The number of carboxylic acids is 2. The van der Waals surface area contributed by atoms with Crippen molar-refractivity contribution in [3.63, 3.8) is 0 Å². The van der Waals surface area contributed by atoms with Crippen LogP contribution in [0, 0.1) is 0 Å². The number of nitrogens with zero attached hydrogens (tertiary/aromatic N) is 1. The lowest BCUT2D eigenvalue weighted by Crippen LogP contribution is -2.55. The van der Waals surface area contributed by atoms with Crippen LogP contribution < -0.4 is 5.73 Å². The summed E-state index contributed by atoms with van der Waals surface area (Å²) in [4.78, 5) is 36.4. The minimum atomic E-state index is -2.21. The smallest absolute Gasteiger partial charge is 0.331 e.